The molecule has 0 saturated carbocycles. The molecule has 4 rings (SSSR count). The maximum absolute atomic E-state index is 11.7. The van der Waals surface area contributed by atoms with Gasteiger partial charge in [-0.2, -0.15) is 5.26 Å². The van der Waals surface area contributed by atoms with E-state index >= 15 is 0 Å². The van der Waals surface area contributed by atoms with Crippen LogP contribution >= 0.6 is 50.7 Å². The van der Waals surface area contributed by atoms with Crippen LogP contribution < -0.4 is 9.47 Å². The van der Waals surface area contributed by atoms with Gasteiger partial charge in [0.1, 0.15) is 30.8 Å². The largest absolute Gasteiger partial charge is 0.488 e. The van der Waals surface area contributed by atoms with Gasteiger partial charge in [0.15, 0.2) is 6.29 Å². The van der Waals surface area contributed by atoms with Gasteiger partial charge in [0.2, 0.25) is 0 Å². The van der Waals surface area contributed by atoms with E-state index in [0.717, 1.165) is 41.3 Å². The number of carbonyl (C=O) groups excluding carboxylic acids is 1. The molecule has 0 N–H and O–H groups in total. The summed E-state index contributed by atoms with van der Waals surface area (Å²) in [5.74, 6) is 0.615. The predicted octanol–water partition coefficient (Wildman–Crippen LogP) is 9.27. The van der Waals surface area contributed by atoms with Crippen LogP contribution in [0.5, 0.6) is 11.5 Å². The molecule has 0 unspecified atom stereocenters. The number of aromatic nitrogens is 1. The van der Waals surface area contributed by atoms with Crippen LogP contribution in [0, 0.1) is 11.3 Å². The van der Waals surface area contributed by atoms with Crippen LogP contribution in [0.1, 0.15) is 45.5 Å². The van der Waals surface area contributed by atoms with Crippen molar-refractivity contribution in [2.75, 3.05) is 5.33 Å². The standard InChI is InChI=1S/C31H24BrCl3N2O3/c32-9-2-1-4-20-5-3-6-23(11-20)30-26(33)8-7-24(31(30)35)19-40-29-13-28(25(17-38)12-27(29)34)39-18-22-10-21(14-36)15-37-16-22/h3,5-8,10-13,15-17H,1-2,4,9,18-19H2. The molecule has 1 aromatic heterocycles. The fourth-order valence-electron chi connectivity index (χ4n) is 4.10. The Bertz CT molecular complexity index is 1560. The lowest BCUT2D eigenvalue weighted by atomic mass is 9.99. The third-order valence-corrected chi connectivity index (χ3v) is 7.73. The van der Waals surface area contributed by atoms with Crippen LogP contribution in [-0.4, -0.2) is 16.6 Å². The van der Waals surface area contributed by atoms with E-state index < -0.39 is 0 Å². The van der Waals surface area contributed by atoms with E-state index in [2.05, 4.69) is 33.0 Å². The summed E-state index contributed by atoms with van der Waals surface area (Å²) in [5.41, 5.74) is 4.99. The SMILES string of the molecule is N#Cc1cncc(COc2cc(OCc3ccc(Cl)c(-c4cccc(CCCCBr)c4)c3Cl)c(Cl)cc2C=O)c1. The number of aryl methyl sites for hydroxylation is 1. The van der Waals surface area contributed by atoms with Crippen molar-refractivity contribution < 1.29 is 14.3 Å². The van der Waals surface area contributed by atoms with Gasteiger partial charge in [-0.25, -0.2) is 0 Å². The maximum atomic E-state index is 11.7. The van der Waals surface area contributed by atoms with Gasteiger partial charge < -0.3 is 9.47 Å². The topological polar surface area (TPSA) is 72.2 Å². The van der Waals surface area contributed by atoms with Crippen molar-refractivity contribution in [3.05, 3.63) is 110 Å². The first-order chi connectivity index (χ1) is 19.4. The Morgan fingerprint density at radius 1 is 0.900 bits per heavy atom. The van der Waals surface area contributed by atoms with E-state index in [0.29, 0.717) is 33.2 Å². The Morgan fingerprint density at radius 2 is 1.73 bits per heavy atom. The number of carbonyl (C=O) groups is 1. The summed E-state index contributed by atoms with van der Waals surface area (Å²) in [5, 5.41) is 11.4. The molecule has 0 bridgehead atoms. The molecule has 0 aliphatic heterocycles. The third kappa shape index (κ3) is 7.56. The number of aldehydes is 1. The number of hydrogen-bond donors (Lipinski definition) is 0. The number of alkyl halides is 1. The van der Waals surface area contributed by atoms with Gasteiger partial charge in [-0.05, 0) is 48.6 Å². The van der Waals surface area contributed by atoms with Crippen molar-refractivity contribution in [3.8, 4) is 28.7 Å². The zero-order valence-electron chi connectivity index (χ0n) is 21.3. The molecule has 0 spiro atoms. The van der Waals surface area contributed by atoms with E-state index in [1.54, 1.807) is 24.4 Å². The van der Waals surface area contributed by atoms with Gasteiger partial charge in [0.05, 0.1) is 21.2 Å². The summed E-state index contributed by atoms with van der Waals surface area (Å²) in [7, 11) is 0. The van der Waals surface area contributed by atoms with Crippen molar-refractivity contribution in [2.45, 2.75) is 32.5 Å². The molecule has 40 heavy (non-hydrogen) atoms. The molecule has 0 radical (unpaired) electrons. The molecule has 5 nitrogen and oxygen atoms in total. The number of benzene rings is 3. The minimum absolute atomic E-state index is 0.103. The lowest BCUT2D eigenvalue weighted by Crippen LogP contribution is -2.02. The van der Waals surface area contributed by atoms with E-state index in [-0.39, 0.29) is 29.5 Å². The van der Waals surface area contributed by atoms with Crippen LogP contribution in [0.2, 0.25) is 15.1 Å². The van der Waals surface area contributed by atoms with Gasteiger partial charge in [0.25, 0.3) is 0 Å². The Balaban J connectivity index is 1.54. The number of hydrogen-bond acceptors (Lipinski definition) is 5. The summed E-state index contributed by atoms with van der Waals surface area (Å²) in [6, 6.07) is 18.6. The molecule has 0 saturated heterocycles. The first-order valence-electron chi connectivity index (χ1n) is 12.4. The Kier molecular flexibility index (Phi) is 10.9. The maximum Gasteiger partial charge on any atom is 0.153 e. The molecule has 9 heteroatoms. The molecule has 0 aliphatic carbocycles. The second-order valence-electron chi connectivity index (χ2n) is 8.95. The Hall–Kier alpha value is -3.08. The Morgan fingerprint density at radius 3 is 2.50 bits per heavy atom. The van der Waals surface area contributed by atoms with E-state index in [9.17, 15) is 4.79 Å². The highest BCUT2D eigenvalue weighted by Gasteiger charge is 2.16. The number of nitrogens with zero attached hydrogens (tertiary/aromatic N) is 2. The first kappa shape index (κ1) is 29.9. The molecular weight excluding hydrogens is 635 g/mol. The van der Waals surface area contributed by atoms with Crippen LogP contribution in [0.4, 0.5) is 0 Å². The number of unbranched alkanes of at least 4 members (excludes halogenated alkanes) is 1. The third-order valence-electron chi connectivity index (χ3n) is 6.13. The molecular formula is C31H24BrCl3N2O3. The van der Waals surface area contributed by atoms with Crippen molar-refractivity contribution in [3.63, 3.8) is 0 Å². The quantitative estimate of drug-likeness (QED) is 0.0862. The second kappa shape index (κ2) is 14.5. The average Bonchev–Trinajstić information content (AvgIpc) is 2.97. The lowest BCUT2D eigenvalue weighted by Gasteiger charge is -2.16. The first-order valence-corrected chi connectivity index (χ1v) is 14.7. The van der Waals surface area contributed by atoms with Gasteiger partial charge >= 0.3 is 0 Å². The molecule has 0 atom stereocenters. The van der Waals surface area contributed by atoms with Crippen molar-refractivity contribution in [1.29, 1.82) is 5.26 Å². The summed E-state index contributed by atoms with van der Waals surface area (Å²) in [6.45, 7) is 0.216. The molecule has 1 heterocycles. The van der Waals surface area contributed by atoms with E-state index in [1.807, 2.05) is 24.3 Å². The summed E-state index contributed by atoms with van der Waals surface area (Å²) >= 11 is 23.3. The number of halogens is 4. The zero-order valence-corrected chi connectivity index (χ0v) is 25.2. The fourth-order valence-corrected chi connectivity index (χ4v) is 5.37. The molecule has 0 fully saturated rings. The van der Waals surface area contributed by atoms with Gasteiger partial charge in [-0.3, -0.25) is 9.78 Å². The summed E-state index contributed by atoms with van der Waals surface area (Å²) < 4.78 is 11.9. The van der Waals surface area contributed by atoms with E-state index in [1.165, 1.54) is 17.8 Å². The predicted molar refractivity (Wildman–Crippen MR) is 163 cm³/mol. The van der Waals surface area contributed by atoms with Gasteiger partial charge in [-0.15, -0.1) is 0 Å². The highest BCUT2D eigenvalue weighted by molar-refractivity contribution is 9.09. The zero-order chi connectivity index (χ0) is 28.5. The number of nitriles is 1. The molecule has 4 aromatic rings. The molecule has 0 aliphatic rings. The lowest BCUT2D eigenvalue weighted by molar-refractivity contribution is 0.111. The minimum atomic E-state index is 0.103. The van der Waals surface area contributed by atoms with E-state index in [4.69, 9.17) is 49.5 Å². The van der Waals surface area contributed by atoms with Crippen LogP contribution in [0.25, 0.3) is 11.1 Å². The fraction of sp³-hybridized carbons (Fsp3) is 0.194. The summed E-state index contributed by atoms with van der Waals surface area (Å²) in [6.07, 6.45) is 6.87. The van der Waals surface area contributed by atoms with Crippen molar-refractivity contribution in [1.82, 2.24) is 4.98 Å². The summed E-state index contributed by atoms with van der Waals surface area (Å²) in [4.78, 5) is 15.7. The van der Waals surface area contributed by atoms with Crippen molar-refractivity contribution >= 4 is 57.0 Å². The Labute approximate surface area is 256 Å². The number of pyridine rings is 1. The highest BCUT2D eigenvalue weighted by Crippen LogP contribution is 2.39. The normalized spacial score (nSPS) is 10.7. The number of ether oxygens (including phenoxy) is 2. The minimum Gasteiger partial charge on any atom is -0.488 e. The van der Waals surface area contributed by atoms with Crippen LogP contribution in [0.3, 0.4) is 0 Å². The monoisotopic (exact) mass is 656 g/mol. The molecule has 3 aromatic carbocycles. The smallest absolute Gasteiger partial charge is 0.153 e. The van der Waals surface area contributed by atoms with Crippen molar-refractivity contribution in [2.24, 2.45) is 0 Å². The van der Waals surface area contributed by atoms with Gasteiger partial charge in [0, 0.05) is 45.5 Å². The highest BCUT2D eigenvalue weighted by atomic mass is 79.9. The number of rotatable bonds is 12. The molecule has 204 valence electrons. The van der Waals surface area contributed by atoms with Gasteiger partial charge in [-0.1, -0.05) is 81.1 Å². The molecule has 0 amide bonds. The van der Waals surface area contributed by atoms with Crippen LogP contribution in [0.15, 0.2) is 67.0 Å². The van der Waals surface area contributed by atoms with Crippen LogP contribution in [-0.2, 0) is 19.6 Å². The second-order valence-corrected chi connectivity index (χ2v) is 10.9. The average molecular weight is 659 g/mol.